The van der Waals surface area contributed by atoms with Crippen LogP contribution in [0.1, 0.15) is 25.0 Å². The fraction of sp³-hybridized carbons (Fsp3) is 0.556. The Morgan fingerprint density at radius 3 is 3.00 bits per heavy atom. The standard InChI is InChI=1S/C9H13N3/c1-2-8(3-1)11-6-9-4-5-10-7-12-9/h4-5,7-8,11H,1-3,6H2. The van der Waals surface area contributed by atoms with Gasteiger partial charge in [-0.1, -0.05) is 6.42 Å². The van der Waals surface area contributed by atoms with Gasteiger partial charge in [0.25, 0.3) is 0 Å². The van der Waals surface area contributed by atoms with Gasteiger partial charge in [0.15, 0.2) is 0 Å². The highest BCUT2D eigenvalue weighted by Crippen LogP contribution is 2.18. The number of rotatable bonds is 3. The van der Waals surface area contributed by atoms with Crippen molar-refractivity contribution >= 4 is 0 Å². The minimum atomic E-state index is 0.736. The number of nitrogens with zero attached hydrogens (tertiary/aromatic N) is 2. The molecule has 0 amide bonds. The molecule has 1 saturated carbocycles. The lowest BCUT2D eigenvalue weighted by Crippen LogP contribution is -2.34. The lowest BCUT2D eigenvalue weighted by atomic mass is 9.93. The van der Waals surface area contributed by atoms with Crippen molar-refractivity contribution in [2.24, 2.45) is 0 Å². The summed E-state index contributed by atoms with van der Waals surface area (Å²) in [6.45, 7) is 0.882. The van der Waals surface area contributed by atoms with Crippen molar-refractivity contribution in [3.8, 4) is 0 Å². The third kappa shape index (κ3) is 1.80. The molecule has 1 heterocycles. The van der Waals surface area contributed by atoms with Gasteiger partial charge in [0.2, 0.25) is 0 Å². The Kier molecular flexibility index (Phi) is 2.32. The molecule has 0 aliphatic heterocycles. The van der Waals surface area contributed by atoms with E-state index in [1.165, 1.54) is 19.3 Å². The molecule has 3 heteroatoms. The molecule has 0 atom stereocenters. The number of hydrogen-bond acceptors (Lipinski definition) is 3. The minimum Gasteiger partial charge on any atom is -0.308 e. The van der Waals surface area contributed by atoms with Gasteiger partial charge in [0.05, 0.1) is 5.69 Å². The zero-order valence-corrected chi connectivity index (χ0v) is 7.03. The molecule has 1 aliphatic carbocycles. The van der Waals surface area contributed by atoms with E-state index < -0.39 is 0 Å². The average molecular weight is 163 g/mol. The SMILES string of the molecule is c1cc(CNC2CCC2)ncn1. The second-order valence-corrected chi connectivity index (χ2v) is 3.21. The van der Waals surface area contributed by atoms with Crippen molar-refractivity contribution < 1.29 is 0 Å². The summed E-state index contributed by atoms with van der Waals surface area (Å²) in [5, 5.41) is 3.45. The fourth-order valence-electron chi connectivity index (χ4n) is 1.28. The summed E-state index contributed by atoms with van der Waals surface area (Å²) in [6, 6.07) is 2.69. The molecule has 0 spiro atoms. The maximum Gasteiger partial charge on any atom is 0.115 e. The fourth-order valence-corrected chi connectivity index (χ4v) is 1.28. The highest BCUT2D eigenvalue weighted by atomic mass is 14.9. The van der Waals surface area contributed by atoms with Crippen LogP contribution in [0.25, 0.3) is 0 Å². The largest absolute Gasteiger partial charge is 0.308 e. The first kappa shape index (κ1) is 7.68. The van der Waals surface area contributed by atoms with Gasteiger partial charge in [0, 0.05) is 18.8 Å². The molecule has 0 radical (unpaired) electrons. The Labute approximate surface area is 72.2 Å². The van der Waals surface area contributed by atoms with Crippen LogP contribution in [0.3, 0.4) is 0 Å². The Morgan fingerprint density at radius 1 is 1.50 bits per heavy atom. The molecule has 3 nitrogen and oxygen atoms in total. The van der Waals surface area contributed by atoms with Crippen molar-refractivity contribution in [2.45, 2.75) is 31.8 Å². The summed E-state index contributed by atoms with van der Waals surface area (Å²) >= 11 is 0. The van der Waals surface area contributed by atoms with Crippen LogP contribution < -0.4 is 5.32 Å². The van der Waals surface area contributed by atoms with E-state index in [0.717, 1.165) is 18.3 Å². The van der Waals surface area contributed by atoms with Gasteiger partial charge in [-0.15, -0.1) is 0 Å². The normalized spacial score (nSPS) is 17.3. The molecule has 1 aliphatic rings. The Morgan fingerprint density at radius 2 is 2.42 bits per heavy atom. The van der Waals surface area contributed by atoms with Crippen LogP contribution in [0, 0.1) is 0 Å². The third-order valence-electron chi connectivity index (χ3n) is 2.32. The Hall–Kier alpha value is -0.960. The topological polar surface area (TPSA) is 37.8 Å². The molecule has 64 valence electrons. The predicted molar refractivity (Wildman–Crippen MR) is 46.5 cm³/mol. The van der Waals surface area contributed by atoms with Crippen molar-refractivity contribution in [3.63, 3.8) is 0 Å². The number of hydrogen-bond donors (Lipinski definition) is 1. The molecule has 1 fully saturated rings. The summed E-state index contributed by atoms with van der Waals surface area (Å²) < 4.78 is 0. The van der Waals surface area contributed by atoms with Crippen LogP contribution >= 0.6 is 0 Å². The maximum atomic E-state index is 4.14. The third-order valence-corrected chi connectivity index (χ3v) is 2.32. The van der Waals surface area contributed by atoms with Gasteiger partial charge in [0.1, 0.15) is 6.33 Å². The minimum absolute atomic E-state index is 0.736. The lowest BCUT2D eigenvalue weighted by molar-refractivity contribution is 0.337. The van der Waals surface area contributed by atoms with E-state index in [0.29, 0.717) is 0 Å². The Balaban J connectivity index is 1.79. The van der Waals surface area contributed by atoms with Crippen molar-refractivity contribution in [1.82, 2.24) is 15.3 Å². The van der Waals surface area contributed by atoms with Crippen LogP contribution in [0.15, 0.2) is 18.6 Å². The van der Waals surface area contributed by atoms with Gasteiger partial charge < -0.3 is 5.32 Å². The zero-order valence-electron chi connectivity index (χ0n) is 7.03. The molecular weight excluding hydrogens is 150 g/mol. The van der Waals surface area contributed by atoms with Crippen molar-refractivity contribution in [3.05, 3.63) is 24.3 Å². The van der Waals surface area contributed by atoms with Crippen LogP contribution in [0.2, 0.25) is 0 Å². The smallest absolute Gasteiger partial charge is 0.115 e. The second-order valence-electron chi connectivity index (χ2n) is 3.21. The molecular formula is C9H13N3. The maximum absolute atomic E-state index is 4.14. The second kappa shape index (κ2) is 3.63. The van der Waals surface area contributed by atoms with Gasteiger partial charge in [-0.05, 0) is 18.9 Å². The molecule has 2 rings (SSSR count). The lowest BCUT2D eigenvalue weighted by Gasteiger charge is -2.26. The molecule has 1 aromatic heterocycles. The molecule has 0 bridgehead atoms. The van der Waals surface area contributed by atoms with E-state index in [2.05, 4.69) is 15.3 Å². The van der Waals surface area contributed by atoms with Crippen molar-refractivity contribution in [1.29, 1.82) is 0 Å². The van der Waals surface area contributed by atoms with E-state index in [9.17, 15) is 0 Å². The van der Waals surface area contributed by atoms with Crippen LogP contribution in [-0.4, -0.2) is 16.0 Å². The van der Waals surface area contributed by atoms with Crippen LogP contribution in [-0.2, 0) is 6.54 Å². The average Bonchev–Trinajstić information content (AvgIpc) is 2.04. The zero-order chi connectivity index (χ0) is 8.23. The summed E-state index contributed by atoms with van der Waals surface area (Å²) in [6.07, 6.45) is 7.40. The molecule has 0 saturated heterocycles. The van der Waals surface area contributed by atoms with Crippen molar-refractivity contribution in [2.75, 3.05) is 0 Å². The molecule has 0 aromatic carbocycles. The van der Waals surface area contributed by atoms with Crippen LogP contribution in [0.5, 0.6) is 0 Å². The predicted octanol–water partition coefficient (Wildman–Crippen LogP) is 1.12. The summed E-state index contributed by atoms with van der Waals surface area (Å²) in [5.41, 5.74) is 1.08. The van der Waals surface area contributed by atoms with E-state index >= 15 is 0 Å². The highest BCUT2D eigenvalue weighted by molar-refractivity contribution is 4.97. The van der Waals surface area contributed by atoms with Gasteiger partial charge >= 0.3 is 0 Å². The number of nitrogens with one attached hydrogen (secondary N) is 1. The van der Waals surface area contributed by atoms with Gasteiger partial charge in [-0.2, -0.15) is 0 Å². The van der Waals surface area contributed by atoms with E-state index in [4.69, 9.17) is 0 Å². The first-order chi connectivity index (χ1) is 5.95. The summed E-state index contributed by atoms with van der Waals surface area (Å²) in [7, 11) is 0. The van der Waals surface area contributed by atoms with E-state index in [-0.39, 0.29) is 0 Å². The molecule has 1 aromatic rings. The first-order valence-corrected chi connectivity index (χ1v) is 4.43. The molecule has 12 heavy (non-hydrogen) atoms. The first-order valence-electron chi connectivity index (χ1n) is 4.43. The van der Waals surface area contributed by atoms with Gasteiger partial charge in [-0.3, -0.25) is 0 Å². The van der Waals surface area contributed by atoms with Crippen LogP contribution in [0.4, 0.5) is 0 Å². The summed E-state index contributed by atoms with van der Waals surface area (Å²) in [5.74, 6) is 0. The Bertz CT molecular complexity index is 231. The van der Waals surface area contributed by atoms with E-state index in [1.54, 1.807) is 12.5 Å². The molecule has 1 N–H and O–H groups in total. The molecule has 0 unspecified atom stereocenters. The summed E-state index contributed by atoms with van der Waals surface area (Å²) in [4.78, 5) is 8.00. The number of aromatic nitrogens is 2. The van der Waals surface area contributed by atoms with Gasteiger partial charge in [-0.25, -0.2) is 9.97 Å². The highest BCUT2D eigenvalue weighted by Gasteiger charge is 2.15. The monoisotopic (exact) mass is 163 g/mol. The van der Waals surface area contributed by atoms with E-state index in [1.807, 2.05) is 6.07 Å². The quantitative estimate of drug-likeness (QED) is 0.725.